The molecule has 2 aromatic heterocycles. The zero-order valence-electron chi connectivity index (χ0n) is 15.5. The Labute approximate surface area is 168 Å². The molecular weight excluding hydrogens is 391 g/mol. The predicted octanol–water partition coefficient (Wildman–Crippen LogP) is 5.66. The number of fused-ring (bicyclic) bond motifs is 2. The summed E-state index contributed by atoms with van der Waals surface area (Å²) < 4.78 is 41.3. The van der Waals surface area contributed by atoms with E-state index in [2.05, 4.69) is 25.5 Å². The minimum atomic E-state index is -0.740. The van der Waals surface area contributed by atoms with Crippen LogP contribution in [-0.4, -0.2) is 20.2 Å². The molecule has 0 amide bonds. The van der Waals surface area contributed by atoms with Gasteiger partial charge < -0.3 is 5.32 Å². The molecule has 0 saturated carbocycles. The average molecular weight is 405 g/mol. The number of halogens is 3. The summed E-state index contributed by atoms with van der Waals surface area (Å²) in [5, 5.41) is 10.6. The first-order valence-electron chi connectivity index (χ1n) is 9.15. The minimum Gasteiger partial charge on any atom is -0.322 e. The van der Waals surface area contributed by atoms with Gasteiger partial charge in [0.1, 0.15) is 23.8 Å². The number of anilines is 2. The van der Waals surface area contributed by atoms with Gasteiger partial charge in [-0.05, 0) is 23.8 Å². The zero-order valence-corrected chi connectivity index (χ0v) is 15.5. The summed E-state index contributed by atoms with van der Waals surface area (Å²) in [5.74, 6) is -0.508. The fourth-order valence-electron chi connectivity index (χ4n) is 3.40. The van der Waals surface area contributed by atoms with Gasteiger partial charge in [0, 0.05) is 17.0 Å². The first-order chi connectivity index (χ1) is 14.6. The molecule has 0 fully saturated rings. The molecule has 5 rings (SSSR count). The number of aromatic nitrogens is 4. The topological polar surface area (TPSA) is 66.5 Å². The second-order valence-electron chi connectivity index (χ2n) is 6.71. The summed E-state index contributed by atoms with van der Waals surface area (Å²) in [6, 6.07) is 16.2. The van der Waals surface area contributed by atoms with Gasteiger partial charge in [0.2, 0.25) is 0 Å². The fourth-order valence-corrected chi connectivity index (χ4v) is 3.40. The minimum absolute atomic E-state index is 0.0836. The van der Waals surface area contributed by atoms with Crippen LogP contribution in [0.15, 0.2) is 60.7 Å². The van der Waals surface area contributed by atoms with Crippen molar-refractivity contribution in [2.75, 3.05) is 5.32 Å². The van der Waals surface area contributed by atoms with Crippen molar-refractivity contribution in [1.82, 2.24) is 20.2 Å². The molecule has 0 atom stereocenters. The third-order valence-electron chi connectivity index (χ3n) is 4.83. The van der Waals surface area contributed by atoms with Gasteiger partial charge >= 0.3 is 0 Å². The smallest absolute Gasteiger partial charge is 0.162 e. The number of benzene rings is 3. The van der Waals surface area contributed by atoms with Crippen LogP contribution in [0.2, 0.25) is 0 Å². The Hall–Kier alpha value is -3.94. The number of H-pyrrole nitrogens is 1. The predicted molar refractivity (Wildman–Crippen MR) is 109 cm³/mol. The SMILES string of the molecule is FCc1ccccc1-c1nc(Nc2n[nH]c3c(F)cc(F)cc23)c2ccccc2n1. The van der Waals surface area contributed by atoms with Crippen molar-refractivity contribution < 1.29 is 13.2 Å². The summed E-state index contributed by atoms with van der Waals surface area (Å²) >= 11 is 0. The second kappa shape index (κ2) is 7.14. The molecule has 0 aliphatic rings. The van der Waals surface area contributed by atoms with Gasteiger partial charge in [-0.3, -0.25) is 5.10 Å². The summed E-state index contributed by atoms with van der Waals surface area (Å²) in [7, 11) is 0. The molecule has 5 nitrogen and oxygen atoms in total. The first-order valence-corrected chi connectivity index (χ1v) is 9.15. The molecule has 2 heterocycles. The molecule has 0 radical (unpaired) electrons. The number of nitrogens with one attached hydrogen (secondary N) is 2. The van der Waals surface area contributed by atoms with Gasteiger partial charge in [0.05, 0.1) is 10.9 Å². The Balaban J connectivity index is 1.69. The van der Waals surface area contributed by atoms with Crippen molar-refractivity contribution in [3.05, 3.63) is 77.9 Å². The van der Waals surface area contributed by atoms with Crippen LogP contribution < -0.4 is 5.32 Å². The van der Waals surface area contributed by atoms with Crippen molar-refractivity contribution in [1.29, 1.82) is 0 Å². The molecule has 148 valence electrons. The molecule has 0 bridgehead atoms. The molecule has 0 aliphatic carbocycles. The maximum atomic E-state index is 14.0. The maximum Gasteiger partial charge on any atom is 0.162 e. The van der Waals surface area contributed by atoms with Crippen LogP contribution >= 0.6 is 0 Å². The zero-order chi connectivity index (χ0) is 20.7. The van der Waals surface area contributed by atoms with Crippen molar-refractivity contribution in [3.63, 3.8) is 0 Å². The fraction of sp³-hybridized carbons (Fsp3) is 0.0455. The van der Waals surface area contributed by atoms with E-state index in [4.69, 9.17) is 0 Å². The number of rotatable bonds is 4. The lowest BCUT2D eigenvalue weighted by atomic mass is 10.1. The van der Waals surface area contributed by atoms with E-state index in [0.29, 0.717) is 33.7 Å². The second-order valence-corrected chi connectivity index (χ2v) is 6.71. The van der Waals surface area contributed by atoms with Gasteiger partial charge in [-0.1, -0.05) is 36.4 Å². The van der Waals surface area contributed by atoms with Gasteiger partial charge in [0.25, 0.3) is 0 Å². The van der Waals surface area contributed by atoms with Crippen molar-refractivity contribution in [2.24, 2.45) is 0 Å². The molecule has 0 unspecified atom stereocenters. The Bertz CT molecular complexity index is 1400. The highest BCUT2D eigenvalue weighted by atomic mass is 19.1. The molecule has 30 heavy (non-hydrogen) atoms. The number of hydrogen-bond acceptors (Lipinski definition) is 4. The Morgan fingerprint density at radius 1 is 0.867 bits per heavy atom. The normalized spacial score (nSPS) is 11.3. The summed E-state index contributed by atoms with van der Waals surface area (Å²) in [4.78, 5) is 9.14. The van der Waals surface area contributed by atoms with E-state index in [9.17, 15) is 13.2 Å². The van der Waals surface area contributed by atoms with E-state index in [0.717, 1.165) is 6.07 Å². The first kappa shape index (κ1) is 18.1. The number of aromatic amines is 1. The van der Waals surface area contributed by atoms with Crippen LogP contribution in [0.1, 0.15) is 5.56 Å². The molecule has 0 saturated heterocycles. The van der Waals surface area contributed by atoms with E-state index < -0.39 is 18.3 Å². The quantitative estimate of drug-likeness (QED) is 0.405. The molecule has 5 aromatic rings. The summed E-state index contributed by atoms with van der Waals surface area (Å²) in [5.41, 5.74) is 1.75. The average Bonchev–Trinajstić information content (AvgIpc) is 3.16. The Kier molecular flexibility index (Phi) is 4.31. The van der Waals surface area contributed by atoms with Gasteiger partial charge in [0.15, 0.2) is 17.5 Å². The standard InChI is InChI=1S/C22H14F3N5/c23-11-12-5-1-2-6-14(12)20-26-18-8-4-3-7-15(18)21(27-20)28-22-16-9-13(24)10-17(25)19(16)29-30-22/h1-10H,11H2,(H2,26,27,28,29,30). The van der Waals surface area contributed by atoms with Crippen LogP contribution in [0.5, 0.6) is 0 Å². The van der Waals surface area contributed by atoms with E-state index in [1.165, 1.54) is 6.07 Å². The molecule has 3 aromatic carbocycles. The van der Waals surface area contributed by atoms with Gasteiger partial charge in [-0.25, -0.2) is 23.1 Å². The van der Waals surface area contributed by atoms with Crippen LogP contribution in [0.3, 0.4) is 0 Å². The van der Waals surface area contributed by atoms with Crippen LogP contribution in [-0.2, 0) is 6.67 Å². The van der Waals surface area contributed by atoms with Crippen molar-refractivity contribution in [2.45, 2.75) is 6.67 Å². The molecule has 0 spiro atoms. The lowest BCUT2D eigenvalue weighted by Gasteiger charge is -2.11. The highest BCUT2D eigenvalue weighted by Crippen LogP contribution is 2.31. The van der Waals surface area contributed by atoms with Crippen LogP contribution in [0.4, 0.5) is 24.8 Å². The van der Waals surface area contributed by atoms with E-state index >= 15 is 0 Å². The molecule has 2 N–H and O–H groups in total. The summed E-state index contributed by atoms with van der Waals surface area (Å²) in [6.07, 6.45) is 0. The molecule has 8 heteroatoms. The monoisotopic (exact) mass is 405 g/mol. The number of para-hydroxylation sites is 1. The summed E-state index contributed by atoms with van der Waals surface area (Å²) in [6.45, 7) is -0.655. The van der Waals surface area contributed by atoms with E-state index in [1.54, 1.807) is 24.3 Å². The van der Waals surface area contributed by atoms with Crippen molar-refractivity contribution >= 4 is 33.4 Å². The van der Waals surface area contributed by atoms with Gasteiger partial charge in [-0.2, -0.15) is 5.10 Å². The number of nitrogens with zero attached hydrogens (tertiary/aromatic N) is 3. The number of hydrogen-bond donors (Lipinski definition) is 2. The Morgan fingerprint density at radius 2 is 1.67 bits per heavy atom. The van der Waals surface area contributed by atoms with Gasteiger partial charge in [-0.15, -0.1) is 0 Å². The van der Waals surface area contributed by atoms with Crippen LogP contribution in [0.25, 0.3) is 33.2 Å². The largest absolute Gasteiger partial charge is 0.322 e. The Morgan fingerprint density at radius 3 is 2.53 bits per heavy atom. The van der Waals surface area contributed by atoms with Crippen molar-refractivity contribution in [3.8, 4) is 11.4 Å². The third kappa shape index (κ3) is 3.02. The maximum absolute atomic E-state index is 14.0. The highest BCUT2D eigenvalue weighted by molar-refractivity contribution is 5.97. The third-order valence-corrected chi connectivity index (χ3v) is 4.83. The molecule has 0 aliphatic heterocycles. The lowest BCUT2D eigenvalue weighted by Crippen LogP contribution is -2.01. The van der Waals surface area contributed by atoms with Crippen LogP contribution in [0, 0.1) is 11.6 Å². The highest BCUT2D eigenvalue weighted by Gasteiger charge is 2.16. The molecular formula is C22H14F3N5. The van der Waals surface area contributed by atoms with E-state index in [1.807, 2.05) is 24.3 Å². The lowest BCUT2D eigenvalue weighted by molar-refractivity contribution is 0.486. The number of alkyl halides is 1. The van der Waals surface area contributed by atoms with E-state index in [-0.39, 0.29) is 16.7 Å².